The molecule has 0 bridgehead atoms. The van der Waals surface area contributed by atoms with Crippen molar-refractivity contribution < 1.29 is 18.7 Å². The molecule has 2 N–H and O–H groups in total. The molecule has 3 aromatic rings. The number of nitrogens with one attached hydrogen (secondary N) is 2. The van der Waals surface area contributed by atoms with Gasteiger partial charge in [-0.1, -0.05) is 17.7 Å². The van der Waals surface area contributed by atoms with E-state index in [2.05, 4.69) is 32.6 Å². The van der Waals surface area contributed by atoms with Gasteiger partial charge in [0.2, 0.25) is 0 Å². The number of ether oxygens (including phenoxy) is 1. The van der Waals surface area contributed by atoms with E-state index in [0.717, 1.165) is 43.4 Å². The number of furan rings is 1. The van der Waals surface area contributed by atoms with Gasteiger partial charge >= 0.3 is 11.8 Å². The molecule has 0 radical (unpaired) electrons. The van der Waals surface area contributed by atoms with E-state index in [0.29, 0.717) is 16.3 Å². The van der Waals surface area contributed by atoms with Gasteiger partial charge in [-0.25, -0.2) is 0 Å². The quantitative estimate of drug-likeness (QED) is 0.483. The highest BCUT2D eigenvalue weighted by Crippen LogP contribution is 2.26. The van der Waals surface area contributed by atoms with Gasteiger partial charge in [0.1, 0.15) is 11.5 Å². The summed E-state index contributed by atoms with van der Waals surface area (Å²) in [5.74, 6) is 0.126. The van der Waals surface area contributed by atoms with Crippen LogP contribution in [-0.4, -0.2) is 56.5 Å². The number of anilines is 2. The van der Waals surface area contributed by atoms with Gasteiger partial charge in [0.15, 0.2) is 0 Å². The summed E-state index contributed by atoms with van der Waals surface area (Å²) in [6.07, 6.45) is 1.62. The second kappa shape index (κ2) is 11.3. The van der Waals surface area contributed by atoms with E-state index in [-0.39, 0.29) is 12.6 Å². The van der Waals surface area contributed by atoms with E-state index < -0.39 is 11.8 Å². The number of rotatable bonds is 7. The third-order valence-corrected chi connectivity index (χ3v) is 6.65. The molecule has 0 spiro atoms. The van der Waals surface area contributed by atoms with Crippen molar-refractivity contribution in [1.82, 2.24) is 10.2 Å². The molecule has 2 aromatic carbocycles. The van der Waals surface area contributed by atoms with Gasteiger partial charge in [-0.15, -0.1) is 0 Å². The minimum Gasteiger partial charge on any atom is -0.497 e. The van der Waals surface area contributed by atoms with Crippen LogP contribution < -0.4 is 20.3 Å². The maximum atomic E-state index is 12.6. The lowest BCUT2D eigenvalue weighted by Crippen LogP contribution is -2.50. The number of methoxy groups -OCH3 is 1. The predicted molar refractivity (Wildman–Crippen MR) is 136 cm³/mol. The third-order valence-electron chi connectivity index (χ3n) is 6.24. The minimum absolute atomic E-state index is 0.187. The largest absolute Gasteiger partial charge is 0.497 e. The first kappa shape index (κ1) is 24.6. The molecular weight excluding hydrogens is 468 g/mol. The number of amides is 2. The number of hydrogen-bond acceptors (Lipinski definition) is 6. The van der Waals surface area contributed by atoms with E-state index in [1.807, 2.05) is 24.3 Å². The van der Waals surface area contributed by atoms with Gasteiger partial charge in [-0.3, -0.25) is 14.5 Å². The summed E-state index contributed by atoms with van der Waals surface area (Å²) in [5, 5.41) is 5.92. The Hall–Kier alpha value is -3.49. The first-order valence-corrected chi connectivity index (χ1v) is 11.8. The van der Waals surface area contributed by atoms with Crippen LogP contribution in [0.5, 0.6) is 5.75 Å². The van der Waals surface area contributed by atoms with Gasteiger partial charge in [-0.2, -0.15) is 0 Å². The van der Waals surface area contributed by atoms with Gasteiger partial charge < -0.3 is 24.7 Å². The number of carbonyl (C=O) groups is 2. The first-order chi connectivity index (χ1) is 17.0. The molecule has 9 heteroatoms. The minimum atomic E-state index is -0.738. The van der Waals surface area contributed by atoms with Crippen LogP contribution in [0.4, 0.5) is 11.4 Å². The summed E-state index contributed by atoms with van der Waals surface area (Å²) < 4.78 is 10.9. The predicted octanol–water partition coefficient (Wildman–Crippen LogP) is 3.87. The first-order valence-electron chi connectivity index (χ1n) is 11.5. The summed E-state index contributed by atoms with van der Waals surface area (Å²) in [5.41, 5.74) is 2.36. The normalized spacial score (nSPS) is 14.9. The molecular formula is C26H29ClN4O4. The molecule has 2 heterocycles. The Morgan fingerprint density at radius 1 is 1.03 bits per heavy atom. The average Bonchev–Trinajstić information content (AvgIpc) is 3.42. The van der Waals surface area contributed by atoms with E-state index in [9.17, 15) is 9.59 Å². The Morgan fingerprint density at radius 2 is 1.77 bits per heavy atom. The molecule has 1 atom stereocenters. The molecule has 4 rings (SSSR count). The van der Waals surface area contributed by atoms with Crippen LogP contribution in [0.15, 0.2) is 65.3 Å². The highest BCUT2D eigenvalue weighted by atomic mass is 35.5. The molecule has 2 amide bonds. The van der Waals surface area contributed by atoms with E-state index in [1.54, 1.807) is 38.5 Å². The van der Waals surface area contributed by atoms with Crippen LogP contribution in [0.25, 0.3) is 0 Å². The van der Waals surface area contributed by atoms with Crippen molar-refractivity contribution in [2.24, 2.45) is 0 Å². The summed E-state index contributed by atoms with van der Waals surface area (Å²) in [4.78, 5) is 29.6. The Labute approximate surface area is 209 Å². The van der Waals surface area contributed by atoms with E-state index in [1.165, 1.54) is 0 Å². The fraction of sp³-hybridized carbons (Fsp3) is 0.308. The van der Waals surface area contributed by atoms with Crippen molar-refractivity contribution in [2.45, 2.75) is 13.0 Å². The summed E-state index contributed by atoms with van der Waals surface area (Å²) >= 11 is 6.11. The Balaban J connectivity index is 1.36. The second-order valence-corrected chi connectivity index (χ2v) is 8.74. The fourth-order valence-corrected chi connectivity index (χ4v) is 4.34. The number of nitrogens with zero attached hydrogens (tertiary/aromatic N) is 2. The van der Waals surface area contributed by atoms with Crippen molar-refractivity contribution in [1.29, 1.82) is 0 Å². The summed E-state index contributed by atoms with van der Waals surface area (Å²) in [6, 6.07) is 16.7. The zero-order valence-electron chi connectivity index (χ0n) is 19.8. The van der Waals surface area contributed by atoms with Crippen LogP contribution in [0.1, 0.15) is 17.4 Å². The average molecular weight is 497 g/mol. The van der Waals surface area contributed by atoms with Crippen molar-refractivity contribution in [3.05, 3.63) is 77.2 Å². The second-order valence-electron chi connectivity index (χ2n) is 8.33. The zero-order chi connectivity index (χ0) is 24.8. The van der Waals surface area contributed by atoms with Gasteiger partial charge in [-0.05, 0) is 61.0 Å². The van der Waals surface area contributed by atoms with Crippen LogP contribution in [-0.2, 0) is 9.59 Å². The van der Waals surface area contributed by atoms with Crippen molar-refractivity contribution in [3.63, 3.8) is 0 Å². The number of benzene rings is 2. The Morgan fingerprint density at radius 3 is 2.43 bits per heavy atom. The number of carbonyl (C=O) groups excluding carboxylic acids is 2. The highest BCUT2D eigenvalue weighted by Gasteiger charge is 2.28. The third kappa shape index (κ3) is 5.96. The number of halogens is 1. The maximum absolute atomic E-state index is 12.6. The SMILES string of the molecule is COc1ccc(N2CCN(C(CNC(=O)C(=O)Nc3cccc(Cl)c3C)c3ccco3)CC2)cc1. The molecule has 0 saturated carbocycles. The molecule has 184 valence electrons. The topological polar surface area (TPSA) is 87.0 Å². The fourth-order valence-electron chi connectivity index (χ4n) is 4.17. The van der Waals surface area contributed by atoms with Crippen LogP contribution in [0, 0.1) is 6.92 Å². The van der Waals surface area contributed by atoms with Gasteiger partial charge in [0, 0.05) is 49.1 Å². The molecule has 0 aliphatic carbocycles. The molecule has 1 saturated heterocycles. The molecule has 35 heavy (non-hydrogen) atoms. The number of hydrogen-bond donors (Lipinski definition) is 2. The lowest BCUT2D eigenvalue weighted by atomic mass is 10.1. The Bertz CT molecular complexity index is 1140. The van der Waals surface area contributed by atoms with Crippen LogP contribution in [0.2, 0.25) is 5.02 Å². The lowest BCUT2D eigenvalue weighted by Gasteiger charge is -2.39. The van der Waals surface area contributed by atoms with Crippen molar-refractivity contribution in [3.8, 4) is 5.75 Å². The lowest BCUT2D eigenvalue weighted by molar-refractivity contribution is -0.136. The molecule has 1 aliphatic rings. The van der Waals surface area contributed by atoms with Gasteiger partial charge in [0.05, 0.1) is 19.4 Å². The van der Waals surface area contributed by atoms with E-state index in [4.69, 9.17) is 20.8 Å². The van der Waals surface area contributed by atoms with Crippen molar-refractivity contribution >= 4 is 34.8 Å². The smallest absolute Gasteiger partial charge is 0.313 e. The molecule has 1 fully saturated rings. The van der Waals surface area contributed by atoms with E-state index >= 15 is 0 Å². The molecule has 8 nitrogen and oxygen atoms in total. The van der Waals surface area contributed by atoms with Crippen molar-refractivity contribution in [2.75, 3.05) is 50.1 Å². The van der Waals surface area contributed by atoms with Crippen LogP contribution >= 0.6 is 11.6 Å². The standard InChI is InChI=1S/C26H29ClN4O4/c1-18-21(27)5-3-6-22(18)29-26(33)25(32)28-17-23(24-7-4-16-35-24)31-14-12-30(13-15-31)19-8-10-20(34-2)11-9-19/h3-11,16,23H,12-15,17H2,1-2H3,(H,28,32)(H,29,33). The zero-order valence-corrected chi connectivity index (χ0v) is 20.5. The monoisotopic (exact) mass is 496 g/mol. The van der Waals surface area contributed by atoms with Crippen LogP contribution in [0.3, 0.4) is 0 Å². The van der Waals surface area contributed by atoms with Gasteiger partial charge in [0.25, 0.3) is 0 Å². The Kier molecular flexibility index (Phi) is 7.94. The summed E-state index contributed by atoms with van der Waals surface area (Å²) in [6.45, 7) is 5.24. The number of piperazine rings is 1. The molecule has 1 aromatic heterocycles. The molecule has 1 unspecified atom stereocenters. The highest BCUT2D eigenvalue weighted by molar-refractivity contribution is 6.40. The molecule has 1 aliphatic heterocycles. The maximum Gasteiger partial charge on any atom is 0.313 e. The summed E-state index contributed by atoms with van der Waals surface area (Å²) in [7, 11) is 1.66.